The zero-order chi connectivity index (χ0) is 41.1. The summed E-state index contributed by atoms with van der Waals surface area (Å²) in [6.45, 7) is 3.01. The van der Waals surface area contributed by atoms with E-state index < -0.39 is 62.4 Å². The number of alkyl halides is 3. The van der Waals surface area contributed by atoms with Gasteiger partial charge in [-0.1, -0.05) is 32.0 Å². The second-order valence-corrected chi connectivity index (χ2v) is 17.2. The quantitative estimate of drug-likeness (QED) is 0.0630. The summed E-state index contributed by atoms with van der Waals surface area (Å²) in [5.74, 6) is -2.60. The molecule has 6 aromatic carbocycles. The number of carbonyl (C=O) groups excluding carboxylic acids is 2. The van der Waals surface area contributed by atoms with Crippen LogP contribution in [0.15, 0.2) is 119 Å². The van der Waals surface area contributed by atoms with E-state index in [0.29, 0.717) is 21.7 Å². The molecule has 0 amide bonds. The number of carbonyl (C=O) groups is 2. The van der Waals surface area contributed by atoms with E-state index in [1.54, 1.807) is 0 Å². The lowest BCUT2D eigenvalue weighted by Gasteiger charge is -2.14. The first-order chi connectivity index (χ1) is 26.9. The van der Waals surface area contributed by atoms with Gasteiger partial charge in [-0.15, -0.1) is 13.2 Å². The van der Waals surface area contributed by atoms with Gasteiger partial charge in [-0.2, -0.15) is 0 Å². The number of ether oxygens (including phenoxy) is 4. The number of sulfone groups is 2. The zero-order valence-corrected chi connectivity index (χ0v) is 31.8. The minimum atomic E-state index is -4.98. The van der Waals surface area contributed by atoms with Gasteiger partial charge in [-0.3, -0.25) is 9.59 Å². The van der Waals surface area contributed by atoms with Crippen LogP contribution in [0.4, 0.5) is 17.6 Å². The molecule has 0 radical (unpaired) electrons. The molecule has 57 heavy (non-hydrogen) atoms. The fourth-order valence-corrected chi connectivity index (χ4v) is 7.62. The minimum Gasteiger partial charge on any atom is -0.457 e. The van der Waals surface area contributed by atoms with Crippen molar-refractivity contribution in [3.63, 3.8) is 0 Å². The van der Waals surface area contributed by atoms with E-state index in [0.717, 1.165) is 12.1 Å². The van der Waals surface area contributed by atoms with Gasteiger partial charge in [-0.05, 0) is 113 Å². The van der Waals surface area contributed by atoms with E-state index in [-0.39, 0.29) is 55.2 Å². The standard InChI is InChI=1S/C41H32F4O10S2/c1-3-56(48,49)33-12-8-30(9-13-33)52-37-19-26(18-28-23-29(42)6-16-35(28)37)22-40(47)54-39(46)21-25-17-27-5-7-32(55-41(43,44)45)24-36(27)38(20-25)53-31-10-14-34(15-11-31)57(50,51)4-2/h5-20,23-24H,3-4,21-22H2,1-2H3. The summed E-state index contributed by atoms with van der Waals surface area (Å²) < 4.78 is 124. The Bertz CT molecular complexity index is 2710. The molecule has 0 spiro atoms. The maximum absolute atomic E-state index is 14.2. The normalized spacial score (nSPS) is 12.0. The van der Waals surface area contributed by atoms with Crippen LogP contribution in [0.2, 0.25) is 0 Å². The third-order valence-corrected chi connectivity index (χ3v) is 12.1. The highest BCUT2D eigenvalue weighted by atomic mass is 32.2. The van der Waals surface area contributed by atoms with E-state index in [2.05, 4.69) is 4.74 Å². The van der Waals surface area contributed by atoms with Crippen molar-refractivity contribution in [2.45, 2.75) is 42.8 Å². The first-order valence-corrected chi connectivity index (χ1v) is 20.5. The summed E-state index contributed by atoms with van der Waals surface area (Å²) >= 11 is 0. The topological polar surface area (TPSA) is 139 Å². The van der Waals surface area contributed by atoms with Crippen molar-refractivity contribution in [2.75, 3.05) is 11.5 Å². The first-order valence-electron chi connectivity index (χ1n) is 17.2. The fourth-order valence-electron chi connectivity index (χ4n) is 5.85. The molecule has 0 unspecified atom stereocenters. The second kappa shape index (κ2) is 16.2. The summed E-state index contributed by atoms with van der Waals surface area (Å²) in [5.41, 5.74) is 0.571. The molecule has 0 saturated carbocycles. The van der Waals surface area contributed by atoms with Gasteiger partial charge in [0.2, 0.25) is 0 Å². The molecule has 16 heteroatoms. The molecule has 0 saturated heterocycles. The van der Waals surface area contributed by atoms with Crippen molar-refractivity contribution in [3.8, 4) is 28.7 Å². The molecule has 6 aromatic rings. The van der Waals surface area contributed by atoms with Crippen LogP contribution in [0, 0.1) is 5.82 Å². The number of hydrogen-bond acceptors (Lipinski definition) is 10. The number of rotatable bonds is 13. The Morgan fingerprint density at radius 1 is 0.561 bits per heavy atom. The van der Waals surface area contributed by atoms with Crippen LogP contribution in [0.25, 0.3) is 21.5 Å². The Kier molecular flexibility index (Phi) is 11.6. The van der Waals surface area contributed by atoms with E-state index in [1.807, 2.05) is 0 Å². The molecule has 6 rings (SSSR count). The Labute approximate surface area is 324 Å². The van der Waals surface area contributed by atoms with Crippen molar-refractivity contribution in [1.29, 1.82) is 0 Å². The van der Waals surface area contributed by atoms with Gasteiger partial charge in [-0.25, -0.2) is 21.2 Å². The van der Waals surface area contributed by atoms with Gasteiger partial charge in [0.05, 0.1) is 34.1 Å². The number of fused-ring (bicyclic) bond motifs is 2. The van der Waals surface area contributed by atoms with Gasteiger partial charge >= 0.3 is 18.3 Å². The molecule has 0 aliphatic rings. The lowest BCUT2D eigenvalue weighted by atomic mass is 10.0. The smallest absolute Gasteiger partial charge is 0.457 e. The highest BCUT2D eigenvalue weighted by Crippen LogP contribution is 2.37. The Morgan fingerprint density at radius 3 is 1.53 bits per heavy atom. The van der Waals surface area contributed by atoms with Crippen molar-refractivity contribution >= 4 is 53.2 Å². The molecule has 296 valence electrons. The highest BCUT2D eigenvalue weighted by Gasteiger charge is 2.31. The monoisotopic (exact) mass is 824 g/mol. The predicted molar refractivity (Wildman–Crippen MR) is 202 cm³/mol. The Morgan fingerprint density at radius 2 is 1.04 bits per heavy atom. The van der Waals surface area contributed by atoms with Gasteiger partial charge in [0.15, 0.2) is 19.7 Å². The third kappa shape index (κ3) is 10.1. The molecule has 0 bridgehead atoms. The predicted octanol–water partition coefficient (Wildman–Crippen LogP) is 9.06. The van der Waals surface area contributed by atoms with Crippen LogP contribution in [0.1, 0.15) is 25.0 Å². The second-order valence-electron chi connectivity index (χ2n) is 12.6. The molecule has 0 atom stereocenters. The molecule has 0 aromatic heterocycles. The lowest BCUT2D eigenvalue weighted by Crippen LogP contribution is -2.17. The largest absolute Gasteiger partial charge is 0.573 e. The summed E-state index contributed by atoms with van der Waals surface area (Å²) in [4.78, 5) is 26.3. The molecular weight excluding hydrogens is 793 g/mol. The average Bonchev–Trinajstić information content (AvgIpc) is 3.14. The number of benzene rings is 6. The number of hydrogen-bond donors (Lipinski definition) is 0. The number of halogens is 4. The van der Waals surface area contributed by atoms with Crippen molar-refractivity contribution in [2.24, 2.45) is 0 Å². The first kappa shape index (κ1) is 40.7. The van der Waals surface area contributed by atoms with Crippen LogP contribution in [0.5, 0.6) is 28.7 Å². The third-order valence-electron chi connectivity index (χ3n) is 8.62. The molecular formula is C41H32F4O10S2. The highest BCUT2D eigenvalue weighted by molar-refractivity contribution is 7.91. The number of esters is 2. The van der Waals surface area contributed by atoms with Gasteiger partial charge in [0.1, 0.15) is 34.6 Å². The summed E-state index contributed by atoms with van der Waals surface area (Å²) in [5, 5.41) is 1.38. The van der Waals surface area contributed by atoms with Crippen molar-refractivity contribution in [1.82, 2.24) is 0 Å². The van der Waals surface area contributed by atoms with Gasteiger partial charge in [0.25, 0.3) is 0 Å². The molecule has 10 nitrogen and oxygen atoms in total. The van der Waals surface area contributed by atoms with Crippen LogP contribution in [-0.2, 0) is 46.8 Å². The van der Waals surface area contributed by atoms with Crippen molar-refractivity contribution < 1.29 is 62.9 Å². The maximum Gasteiger partial charge on any atom is 0.573 e. The average molecular weight is 825 g/mol. The van der Waals surface area contributed by atoms with Crippen molar-refractivity contribution in [3.05, 3.63) is 126 Å². The van der Waals surface area contributed by atoms with E-state index in [1.165, 1.54) is 111 Å². The molecule has 0 aliphatic heterocycles. The summed E-state index contributed by atoms with van der Waals surface area (Å²) in [6.07, 6.45) is -5.87. The van der Waals surface area contributed by atoms with Crippen LogP contribution in [0.3, 0.4) is 0 Å². The fraction of sp³-hybridized carbons (Fsp3) is 0.171. The van der Waals surface area contributed by atoms with E-state index in [4.69, 9.17) is 14.2 Å². The van der Waals surface area contributed by atoms with E-state index >= 15 is 0 Å². The van der Waals surface area contributed by atoms with Crippen LogP contribution in [-0.4, -0.2) is 46.6 Å². The summed E-state index contributed by atoms with van der Waals surface area (Å²) in [7, 11) is -6.98. The minimum absolute atomic E-state index is 0.00194. The van der Waals surface area contributed by atoms with Crippen LogP contribution >= 0.6 is 0 Å². The maximum atomic E-state index is 14.2. The van der Waals surface area contributed by atoms with Gasteiger partial charge < -0.3 is 18.9 Å². The molecule has 0 N–H and O–H groups in total. The van der Waals surface area contributed by atoms with Gasteiger partial charge in [0, 0.05) is 10.8 Å². The molecule has 0 fully saturated rings. The Balaban J connectivity index is 1.22. The molecule has 0 aliphatic carbocycles. The van der Waals surface area contributed by atoms with Crippen LogP contribution < -0.4 is 14.2 Å². The SMILES string of the molecule is CCS(=O)(=O)c1ccc(Oc2cc(CC(=O)OC(=O)Cc3cc(Oc4ccc(S(=O)(=O)CC)cc4)c4cc(OC(F)(F)F)ccc4c3)cc3cc(F)ccc23)cc1. The summed E-state index contributed by atoms with van der Waals surface area (Å²) in [6, 6.07) is 24.5. The lowest BCUT2D eigenvalue weighted by molar-refractivity contribution is -0.274. The molecule has 0 heterocycles. The Hall–Kier alpha value is -6.00. The zero-order valence-electron chi connectivity index (χ0n) is 30.1. The van der Waals surface area contributed by atoms with E-state index in [9.17, 15) is 44.0 Å².